The van der Waals surface area contributed by atoms with Gasteiger partial charge in [0.1, 0.15) is 17.5 Å². The van der Waals surface area contributed by atoms with Crippen LogP contribution in [0.15, 0.2) is 12.4 Å². The quantitative estimate of drug-likeness (QED) is 0.742. The van der Waals surface area contributed by atoms with Crippen LogP contribution >= 0.6 is 0 Å². The van der Waals surface area contributed by atoms with Crippen molar-refractivity contribution in [3.8, 4) is 0 Å². The standard InChI is InChI=1S/C13H21N7/c1-3-5-11-17-12(14)10(2)13(18-11)15-6-4-8-20-9-7-16-19-20/h7,9H,3-6,8H2,1-2H3,(H3,14,15,17,18). The zero-order valence-corrected chi connectivity index (χ0v) is 12.0. The summed E-state index contributed by atoms with van der Waals surface area (Å²) < 4.78 is 1.81. The summed E-state index contributed by atoms with van der Waals surface area (Å²) in [6, 6.07) is 0. The van der Waals surface area contributed by atoms with E-state index in [4.69, 9.17) is 5.73 Å². The van der Waals surface area contributed by atoms with E-state index in [1.807, 2.05) is 17.8 Å². The van der Waals surface area contributed by atoms with Crippen molar-refractivity contribution < 1.29 is 0 Å². The number of hydrogen-bond donors (Lipinski definition) is 2. The molecule has 7 heteroatoms. The Balaban J connectivity index is 1.91. The lowest BCUT2D eigenvalue weighted by molar-refractivity contribution is 0.569. The summed E-state index contributed by atoms with van der Waals surface area (Å²) in [6.45, 7) is 5.67. The van der Waals surface area contributed by atoms with Crippen LogP contribution in [-0.2, 0) is 13.0 Å². The van der Waals surface area contributed by atoms with Gasteiger partial charge in [-0.15, -0.1) is 5.10 Å². The molecule has 0 saturated heterocycles. The van der Waals surface area contributed by atoms with Gasteiger partial charge in [0.05, 0.1) is 6.20 Å². The van der Waals surface area contributed by atoms with Crippen molar-refractivity contribution in [1.82, 2.24) is 25.0 Å². The van der Waals surface area contributed by atoms with Gasteiger partial charge in [-0.05, 0) is 19.8 Å². The first-order chi connectivity index (χ1) is 9.70. The first-order valence-electron chi connectivity index (χ1n) is 6.91. The van der Waals surface area contributed by atoms with Crippen molar-refractivity contribution in [1.29, 1.82) is 0 Å². The summed E-state index contributed by atoms with van der Waals surface area (Å²) in [6.07, 6.45) is 6.33. The first-order valence-corrected chi connectivity index (χ1v) is 6.91. The van der Waals surface area contributed by atoms with Gasteiger partial charge in [-0.2, -0.15) is 0 Å². The van der Waals surface area contributed by atoms with Crippen molar-refractivity contribution in [2.75, 3.05) is 17.6 Å². The molecule has 7 nitrogen and oxygen atoms in total. The Hall–Kier alpha value is -2.18. The van der Waals surface area contributed by atoms with Gasteiger partial charge in [-0.25, -0.2) is 9.97 Å². The number of aryl methyl sites for hydroxylation is 2. The zero-order chi connectivity index (χ0) is 14.4. The zero-order valence-electron chi connectivity index (χ0n) is 12.0. The number of nitrogens with zero attached hydrogens (tertiary/aromatic N) is 5. The Morgan fingerprint density at radius 1 is 1.35 bits per heavy atom. The molecular formula is C13H21N7. The van der Waals surface area contributed by atoms with Crippen LogP contribution in [0.3, 0.4) is 0 Å². The van der Waals surface area contributed by atoms with Crippen LogP contribution in [0.5, 0.6) is 0 Å². The third-order valence-electron chi connectivity index (χ3n) is 3.03. The normalized spacial score (nSPS) is 10.7. The van der Waals surface area contributed by atoms with Crippen LogP contribution in [0.1, 0.15) is 31.2 Å². The molecule has 0 unspecified atom stereocenters. The van der Waals surface area contributed by atoms with Crippen molar-refractivity contribution >= 4 is 11.6 Å². The lowest BCUT2D eigenvalue weighted by Gasteiger charge is -2.11. The van der Waals surface area contributed by atoms with E-state index in [0.29, 0.717) is 5.82 Å². The molecule has 0 aromatic carbocycles. The second-order valence-corrected chi connectivity index (χ2v) is 4.70. The van der Waals surface area contributed by atoms with Crippen molar-refractivity contribution in [2.24, 2.45) is 0 Å². The molecule has 2 rings (SSSR count). The maximum absolute atomic E-state index is 5.92. The van der Waals surface area contributed by atoms with Crippen LogP contribution < -0.4 is 11.1 Å². The SMILES string of the molecule is CCCc1nc(N)c(C)c(NCCCn2ccnn2)n1. The number of nitrogen functional groups attached to an aromatic ring is 1. The molecule has 0 spiro atoms. The van der Waals surface area contributed by atoms with Crippen LogP contribution in [0.4, 0.5) is 11.6 Å². The van der Waals surface area contributed by atoms with Gasteiger partial charge < -0.3 is 11.1 Å². The maximum Gasteiger partial charge on any atom is 0.134 e. The molecule has 3 N–H and O–H groups in total. The number of rotatable bonds is 7. The van der Waals surface area contributed by atoms with Crippen LogP contribution in [0, 0.1) is 6.92 Å². The Labute approximate surface area is 118 Å². The molecule has 0 aliphatic rings. The number of aromatic nitrogens is 5. The Morgan fingerprint density at radius 2 is 2.20 bits per heavy atom. The molecule has 0 saturated carbocycles. The van der Waals surface area contributed by atoms with Gasteiger partial charge in [0.25, 0.3) is 0 Å². The van der Waals surface area contributed by atoms with Gasteiger partial charge in [0, 0.05) is 31.3 Å². The number of hydrogen-bond acceptors (Lipinski definition) is 6. The summed E-state index contributed by atoms with van der Waals surface area (Å²) in [5, 5.41) is 11.0. The molecule has 2 aromatic rings. The summed E-state index contributed by atoms with van der Waals surface area (Å²) in [7, 11) is 0. The van der Waals surface area contributed by atoms with Crippen molar-refractivity contribution in [3.63, 3.8) is 0 Å². The van der Waals surface area contributed by atoms with E-state index < -0.39 is 0 Å². The predicted octanol–water partition coefficient (Wildman–Crippen LogP) is 1.41. The Morgan fingerprint density at radius 3 is 2.90 bits per heavy atom. The third kappa shape index (κ3) is 3.66. The van der Waals surface area contributed by atoms with E-state index >= 15 is 0 Å². The second kappa shape index (κ2) is 6.83. The molecular weight excluding hydrogens is 254 g/mol. The van der Waals surface area contributed by atoms with E-state index in [9.17, 15) is 0 Å². The second-order valence-electron chi connectivity index (χ2n) is 4.70. The molecule has 0 aliphatic carbocycles. The number of nitrogens with two attached hydrogens (primary N) is 1. The predicted molar refractivity (Wildman–Crippen MR) is 78.3 cm³/mol. The van der Waals surface area contributed by atoms with E-state index in [-0.39, 0.29) is 0 Å². The molecule has 0 radical (unpaired) electrons. The summed E-state index contributed by atoms with van der Waals surface area (Å²) in [5.74, 6) is 2.19. The Bertz CT molecular complexity index is 536. The van der Waals surface area contributed by atoms with Crippen molar-refractivity contribution in [3.05, 3.63) is 23.8 Å². The van der Waals surface area contributed by atoms with Gasteiger partial charge in [-0.3, -0.25) is 4.68 Å². The van der Waals surface area contributed by atoms with Gasteiger partial charge in [0.2, 0.25) is 0 Å². The van der Waals surface area contributed by atoms with E-state index in [1.165, 1.54) is 0 Å². The molecule has 0 fully saturated rings. The highest BCUT2D eigenvalue weighted by molar-refractivity contribution is 5.54. The third-order valence-corrected chi connectivity index (χ3v) is 3.03. The van der Waals surface area contributed by atoms with E-state index in [2.05, 4.69) is 32.5 Å². The maximum atomic E-state index is 5.92. The summed E-state index contributed by atoms with van der Waals surface area (Å²) in [5.41, 5.74) is 6.83. The fourth-order valence-corrected chi connectivity index (χ4v) is 1.89. The average molecular weight is 275 g/mol. The highest BCUT2D eigenvalue weighted by Gasteiger charge is 2.07. The summed E-state index contributed by atoms with van der Waals surface area (Å²) in [4.78, 5) is 8.82. The number of nitrogens with one attached hydrogen (secondary N) is 1. The van der Waals surface area contributed by atoms with E-state index in [0.717, 1.165) is 49.6 Å². The van der Waals surface area contributed by atoms with Crippen LogP contribution in [0.2, 0.25) is 0 Å². The highest BCUT2D eigenvalue weighted by Crippen LogP contribution is 2.17. The van der Waals surface area contributed by atoms with E-state index in [1.54, 1.807) is 6.20 Å². The molecule has 0 amide bonds. The highest BCUT2D eigenvalue weighted by atomic mass is 15.4. The van der Waals surface area contributed by atoms with Crippen LogP contribution in [-0.4, -0.2) is 31.5 Å². The topological polar surface area (TPSA) is 94.5 Å². The fourth-order valence-electron chi connectivity index (χ4n) is 1.89. The molecule has 0 atom stereocenters. The van der Waals surface area contributed by atoms with Gasteiger partial charge in [-0.1, -0.05) is 12.1 Å². The molecule has 0 aliphatic heterocycles. The lowest BCUT2D eigenvalue weighted by Crippen LogP contribution is -2.12. The monoisotopic (exact) mass is 275 g/mol. The minimum Gasteiger partial charge on any atom is -0.383 e. The summed E-state index contributed by atoms with van der Waals surface area (Å²) >= 11 is 0. The minimum atomic E-state index is 0.558. The average Bonchev–Trinajstić information content (AvgIpc) is 2.93. The van der Waals surface area contributed by atoms with Gasteiger partial charge in [0.15, 0.2) is 0 Å². The fraction of sp³-hybridized carbons (Fsp3) is 0.538. The molecule has 0 bridgehead atoms. The Kier molecular flexibility index (Phi) is 4.86. The first kappa shape index (κ1) is 14.2. The van der Waals surface area contributed by atoms with Crippen molar-refractivity contribution in [2.45, 2.75) is 39.7 Å². The number of anilines is 2. The molecule has 2 heterocycles. The smallest absolute Gasteiger partial charge is 0.134 e. The molecule has 20 heavy (non-hydrogen) atoms. The molecule has 2 aromatic heterocycles. The van der Waals surface area contributed by atoms with Gasteiger partial charge >= 0.3 is 0 Å². The minimum absolute atomic E-state index is 0.558. The lowest BCUT2D eigenvalue weighted by atomic mass is 10.2. The molecule has 108 valence electrons. The largest absolute Gasteiger partial charge is 0.383 e. The van der Waals surface area contributed by atoms with Crippen LogP contribution in [0.25, 0.3) is 0 Å².